The van der Waals surface area contributed by atoms with Gasteiger partial charge in [0.15, 0.2) is 0 Å². The molecule has 2 aliphatic carbocycles. The Kier molecular flexibility index (Phi) is 6.01. The van der Waals surface area contributed by atoms with Gasteiger partial charge in [-0.2, -0.15) is 0 Å². The maximum atomic E-state index is 13.2. The van der Waals surface area contributed by atoms with Crippen LogP contribution in [-0.4, -0.2) is 10.9 Å². The van der Waals surface area contributed by atoms with E-state index in [9.17, 15) is 4.79 Å². The second kappa shape index (κ2) is 8.65. The molecule has 148 valence electrons. The first-order valence-electron chi connectivity index (χ1n) is 10.5. The van der Waals surface area contributed by atoms with Crippen molar-refractivity contribution in [3.63, 3.8) is 0 Å². The molecule has 4 heteroatoms. The van der Waals surface area contributed by atoms with Crippen LogP contribution in [0.25, 0.3) is 0 Å². The number of halogens is 1. The number of carbonyl (C=O) groups excluding carboxylic acids is 1. The molecule has 0 saturated heterocycles. The Bertz CT molecular complexity index is 792. The van der Waals surface area contributed by atoms with Gasteiger partial charge in [0.05, 0.1) is 0 Å². The Labute approximate surface area is 172 Å². The molecule has 2 fully saturated rings. The molecule has 1 heterocycles. The van der Waals surface area contributed by atoms with Crippen molar-refractivity contribution in [1.82, 2.24) is 10.3 Å². The number of aromatic nitrogens is 1. The fourth-order valence-corrected chi connectivity index (χ4v) is 5.52. The summed E-state index contributed by atoms with van der Waals surface area (Å²) in [5.74, 6) is 1.62. The maximum Gasteiger partial charge on any atom is 0.226 e. The molecule has 2 aromatic rings. The summed E-state index contributed by atoms with van der Waals surface area (Å²) < 4.78 is 0. The van der Waals surface area contributed by atoms with Gasteiger partial charge in [-0.05, 0) is 85.8 Å². The van der Waals surface area contributed by atoms with Gasteiger partial charge < -0.3 is 5.32 Å². The second-order valence-corrected chi connectivity index (χ2v) is 9.19. The van der Waals surface area contributed by atoms with Crippen LogP contribution in [0.4, 0.5) is 0 Å². The van der Waals surface area contributed by atoms with E-state index in [0.717, 1.165) is 42.7 Å². The number of benzene rings is 1. The van der Waals surface area contributed by atoms with Crippen LogP contribution in [0.3, 0.4) is 0 Å². The van der Waals surface area contributed by atoms with Crippen LogP contribution in [0.1, 0.15) is 56.1 Å². The Morgan fingerprint density at radius 2 is 1.89 bits per heavy atom. The SMILES string of the molecule is O=C(NCc1ccncc1)C12CCCC(CC(CCc3ccc(Cl)cc3)C1)C2. The van der Waals surface area contributed by atoms with Gasteiger partial charge in [0.25, 0.3) is 0 Å². The highest BCUT2D eigenvalue weighted by Gasteiger charge is 2.47. The molecule has 1 aromatic carbocycles. The zero-order valence-corrected chi connectivity index (χ0v) is 17.1. The van der Waals surface area contributed by atoms with E-state index in [1.165, 1.54) is 24.8 Å². The molecule has 1 amide bonds. The van der Waals surface area contributed by atoms with E-state index in [1.807, 2.05) is 24.3 Å². The van der Waals surface area contributed by atoms with Crippen molar-refractivity contribution in [2.24, 2.45) is 17.3 Å². The average Bonchev–Trinajstić information content (AvgIpc) is 2.72. The van der Waals surface area contributed by atoms with Crippen molar-refractivity contribution < 1.29 is 4.79 Å². The van der Waals surface area contributed by atoms with E-state index >= 15 is 0 Å². The summed E-state index contributed by atoms with van der Waals surface area (Å²) in [6.07, 6.45) is 12.7. The third-order valence-electron chi connectivity index (χ3n) is 6.73. The minimum Gasteiger partial charge on any atom is -0.352 e. The largest absolute Gasteiger partial charge is 0.352 e. The van der Waals surface area contributed by atoms with Gasteiger partial charge in [-0.1, -0.05) is 36.6 Å². The normalized spacial score (nSPS) is 26.6. The monoisotopic (exact) mass is 396 g/mol. The highest BCUT2D eigenvalue weighted by atomic mass is 35.5. The van der Waals surface area contributed by atoms with Crippen LogP contribution in [0, 0.1) is 17.3 Å². The highest BCUT2D eigenvalue weighted by Crippen LogP contribution is 2.52. The van der Waals surface area contributed by atoms with Gasteiger partial charge in [-0.3, -0.25) is 9.78 Å². The predicted molar refractivity (Wildman–Crippen MR) is 113 cm³/mol. The molecule has 2 bridgehead atoms. The number of nitrogens with zero attached hydrogens (tertiary/aromatic N) is 1. The van der Waals surface area contributed by atoms with Gasteiger partial charge in [-0.25, -0.2) is 0 Å². The van der Waals surface area contributed by atoms with Crippen LogP contribution in [-0.2, 0) is 17.8 Å². The number of pyridine rings is 1. The van der Waals surface area contributed by atoms with E-state index in [0.29, 0.717) is 18.4 Å². The quantitative estimate of drug-likeness (QED) is 0.693. The third kappa shape index (κ3) is 4.57. The van der Waals surface area contributed by atoms with Crippen molar-refractivity contribution in [2.45, 2.75) is 57.9 Å². The second-order valence-electron chi connectivity index (χ2n) is 8.75. The van der Waals surface area contributed by atoms with Gasteiger partial charge >= 0.3 is 0 Å². The number of fused-ring (bicyclic) bond motifs is 2. The average molecular weight is 397 g/mol. The van der Waals surface area contributed by atoms with Crippen molar-refractivity contribution in [3.8, 4) is 0 Å². The first-order valence-corrected chi connectivity index (χ1v) is 10.9. The van der Waals surface area contributed by atoms with Gasteiger partial charge in [-0.15, -0.1) is 0 Å². The van der Waals surface area contributed by atoms with Crippen molar-refractivity contribution in [3.05, 3.63) is 64.9 Å². The lowest BCUT2D eigenvalue weighted by molar-refractivity contribution is -0.138. The molecular formula is C24H29ClN2O. The highest BCUT2D eigenvalue weighted by molar-refractivity contribution is 6.30. The lowest BCUT2D eigenvalue weighted by Crippen LogP contribution is -2.48. The first kappa shape index (κ1) is 19.4. The molecule has 1 aromatic heterocycles. The van der Waals surface area contributed by atoms with Crippen LogP contribution in [0.5, 0.6) is 0 Å². The lowest BCUT2D eigenvalue weighted by Gasteiger charge is -2.47. The molecule has 4 rings (SSSR count). The van der Waals surface area contributed by atoms with Gasteiger partial charge in [0.1, 0.15) is 0 Å². The first-order chi connectivity index (χ1) is 13.6. The summed E-state index contributed by atoms with van der Waals surface area (Å²) in [4.78, 5) is 17.3. The predicted octanol–water partition coefficient (Wildman–Crippen LogP) is 5.57. The van der Waals surface area contributed by atoms with E-state index in [-0.39, 0.29) is 11.3 Å². The van der Waals surface area contributed by atoms with Crippen LogP contribution in [0.2, 0.25) is 5.02 Å². The maximum absolute atomic E-state index is 13.2. The van der Waals surface area contributed by atoms with Crippen LogP contribution >= 0.6 is 11.6 Å². The van der Waals surface area contributed by atoms with Crippen molar-refractivity contribution in [2.75, 3.05) is 0 Å². The van der Waals surface area contributed by atoms with Crippen molar-refractivity contribution >= 4 is 17.5 Å². The number of hydrogen-bond acceptors (Lipinski definition) is 2. The Morgan fingerprint density at radius 1 is 1.11 bits per heavy atom. The van der Waals surface area contributed by atoms with Gasteiger partial charge in [0.2, 0.25) is 5.91 Å². The summed E-state index contributed by atoms with van der Waals surface area (Å²) in [7, 11) is 0. The molecule has 28 heavy (non-hydrogen) atoms. The third-order valence-corrected chi connectivity index (χ3v) is 6.98. The van der Waals surface area contributed by atoms with E-state index in [1.54, 1.807) is 12.4 Å². The fourth-order valence-electron chi connectivity index (χ4n) is 5.39. The number of carbonyl (C=O) groups is 1. The summed E-state index contributed by atoms with van der Waals surface area (Å²) in [6, 6.07) is 12.1. The van der Waals surface area contributed by atoms with E-state index in [2.05, 4.69) is 22.4 Å². The molecule has 3 nitrogen and oxygen atoms in total. The van der Waals surface area contributed by atoms with Crippen molar-refractivity contribution in [1.29, 1.82) is 0 Å². The molecular weight excluding hydrogens is 368 g/mol. The summed E-state index contributed by atoms with van der Waals surface area (Å²) >= 11 is 6.00. The summed E-state index contributed by atoms with van der Waals surface area (Å²) in [6.45, 7) is 0.600. The smallest absolute Gasteiger partial charge is 0.226 e. The summed E-state index contributed by atoms with van der Waals surface area (Å²) in [5, 5.41) is 4.03. The minimum absolute atomic E-state index is 0.154. The Hall–Kier alpha value is -1.87. The number of nitrogens with one attached hydrogen (secondary N) is 1. The molecule has 1 N–H and O–H groups in total. The number of hydrogen-bond donors (Lipinski definition) is 1. The molecule has 2 aliphatic rings. The number of amides is 1. The van der Waals surface area contributed by atoms with Crippen LogP contribution < -0.4 is 5.32 Å². The topological polar surface area (TPSA) is 42.0 Å². The Morgan fingerprint density at radius 3 is 2.68 bits per heavy atom. The van der Waals surface area contributed by atoms with E-state index < -0.39 is 0 Å². The lowest BCUT2D eigenvalue weighted by atomic mass is 9.58. The molecule has 0 spiro atoms. The standard InChI is InChI=1S/C24H29ClN2O/c25-22-7-5-18(6-8-22)3-4-21-14-20-2-1-11-24(15-20,16-21)23(28)27-17-19-9-12-26-13-10-19/h5-10,12-13,20-21H,1-4,11,14-17H2,(H,27,28). The number of rotatable bonds is 6. The zero-order valence-electron chi connectivity index (χ0n) is 16.4. The van der Waals surface area contributed by atoms with Crippen LogP contribution in [0.15, 0.2) is 48.8 Å². The summed E-state index contributed by atoms with van der Waals surface area (Å²) in [5.41, 5.74) is 2.30. The molecule has 3 atom stereocenters. The van der Waals surface area contributed by atoms with E-state index in [4.69, 9.17) is 11.6 Å². The van der Waals surface area contributed by atoms with Gasteiger partial charge in [0, 0.05) is 29.4 Å². The molecule has 3 unspecified atom stereocenters. The molecule has 2 saturated carbocycles. The molecule has 0 aliphatic heterocycles. The minimum atomic E-state index is -0.154. The fraction of sp³-hybridized carbons (Fsp3) is 0.500. The zero-order chi connectivity index (χ0) is 19.4. The molecule has 0 radical (unpaired) electrons. The Balaban J connectivity index is 1.38. The number of aryl methyl sites for hydroxylation is 1.